The molecule has 1 N–H and O–H groups in total. The van der Waals surface area contributed by atoms with E-state index in [0.29, 0.717) is 24.0 Å². The van der Waals surface area contributed by atoms with Gasteiger partial charge in [-0.3, -0.25) is 4.79 Å². The Morgan fingerprint density at radius 2 is 1.76 bits per heavy atom. The average molecular weight is 484 g/mol. The van der Waals surface area contributed by atoms with Crippen LogP contribution in [0, 0.1) is 13.8 Å². The predicted molar refractivity (Wildman–Crippen MR) is 130 cm³/mol. The average Bonchev–Trinajstić information content (AvgIpc) is 2.81. The maximum Gasteiger partial charge on any atom is 0.243 e. The van der Waals surface area contributed by atoms with Crippen molar-refractivity contribution in [2.24, 2.45) is 0 Å². The van der Waals surface area contributed by atoms with Crippen molar-refractivity contribution < 1.29 is 22.7 Å². The van der Waals surface area contributed by atoms with Gasteiger partial charge in [0.2, 0.25) is 21.8 Å². The molecule has 0 atom stereocenters. The SMILES string of the molecule is CCOc1ccccc1Oc1ccc(CNC(=O)CN(C)S(=O)(=O)c2ccc(C)c(C)c2)cn1. The second kappa shape index (κ2) is 11.1. The van der Waals surface area contributed by atoms with Crippen molar-refractivity contribution in [2.45, 2.75) is 32.2 Å². The maximum atomic E-state index is 12.8. The van der Waals surface area contributed by atoms with Gasteiger partial charge < -0.3 is 14.8 Å². The third kappa shape index (κ3) is 6.33. The first kappa shape index (κ1) is 25.2. The van der Waals surface area contributed by atoms with E-state index in [2.05, 4.69) is 10.3 Å². The fraction of sp³-hybridized carbons (Fsp3) is 0.280. The maximum absolute atomic E-state index is 12.8. The summed E-state index contributed by atoms with van der Waals surface area (Å²) in [6.07, 6.45) is 1.59. The van der Waals surface area contributed by atoms with Crippen molar-refractivity contribution in [2.75, 3.05) is 20.2 Å². The minimum absolute atomic E-state index is 0.164. The van der Waals surface area contributed by atoms with Gasteiger partial charge in [-0.1, -0.05) is 24.3 Å². The summed E-state index contributed by atoms with van der Waals surface area (Å²) < 4.78 is 37.9. The number of benzene rings is 2. The molecule has 2 aromatic carbocycles. The zero-order valence-corrected chi connectivity index (χ0v) is 20.6. The van der Waals surface area contributed by atoms with Crippen molar-refractivity contribution in [1.82, 2.24) is 14.6 Å². The molecule has 0 fully saturated rings. The molecule has 3 rings (SSSR count). The minimum atomic E-state index is -3.77. The van der Waals surface area contributed by atoms with Gasteiger partial charge >= 0.3 is 0 Å². The van der Waals surface area contributed by atoms with Gasteiger partial charge in [-0.15, -0.1) is 0 Å². The number of amides is 1. The summed E-state index contributed by atoms with van der Waals surface area (Å²) in [4.78, 5) is 16.8. The molecule has 0 bridgehead atoms. The molecule has 9 heteroatoms. The Kier molecular flexibility index (Phi) is 8.25. The van der Waals surface area contributed by atoms with Crippen LogP contribution in [0.25, 0.3) is 0 Å². The molecule has 0 saturated carbocycles. The highest BCUT2D eigenvalue weighted by molar-refractivity contribution is 7.89. The molecule has 0 aliphatic rings. The van der Waals surface area contributed by atoms with E-state index in [1.807, 2.05) is 39.0 Å². The van der Waals surface area contributed by atoms with Crippen LogP contribution in [-0.4, -0.2) is 43.8 Å². The monoisotopic (exact) mass is 483 g/mol. The van der Waals surface area contributed by atoms with Crippen LogP contribution in [0.5, 0.6) is 17.4 Å². The molecular weight excluding hydrogens is 454 g/mol. The van der Waals surface area contributed by atoms with Crippen molar-refractivity contribution in [3.8, 4) is 17.4 Å². The number of aromatic nitrogens is 1. The van der Waals surface area contributed by atoms with Crippen LogP contribution < -0.4 is 14.8 Å². The van der Waals surface area contributed by atoms with Crippen molar-refractivity contribution in [3.05, 3.63) is 77.5 Å². The third-order valence-corrected chi connectivity index (χ3v) is 7.00. The molecule has 180 valence electrons. The van der Waals surface area contributed by atoms with Crippen LogP contribution in [0.1, 0.15) is 23.6 Å². The van der Waals surface area contributed by atoms with Gasteiger partial charge in [-0.25, -0.2) is 13.4 Å². The number of ether oxygens (including phenoxy) is 2. The molecule has 0 saturated heterocycles. The Morgan fingerprint density at radius 3 is 2.41 bits per heavy atom. The zero-order chi connectivity index (χ0) is 24.7. The molecule has 34 heavy (non-hydrogen) atoms. The smallest absolute Gasteiger partial charge is 0.243 e. The number of nitrogens with one attached hydrogen (secondary N) is 1. The molecule has 3 aromatic rings. The van der Waals surface area contributed by atoms with Crippen LogP contribution >= 0.6 is 0 Å². The van der Waals surface area contributed by atoms with Gasteiger partial charge in [0.05, 0.1) is 18.0 Å². The van der Waals surface area contributed by atoms with Crippen LogP contribution in [0.4, 0.5) is 0 Å². The first-order valence-corrected chi connectivity index (χ1v) is 12.3. The van der Waals surface area contributed by atoms with E-state index in [4.69, 9.17) is 9.47 Å². The van der Waals surface area contributed by atoms with Crippen molar-refractivity contribution in [1.29, 1.82) is 0 Å². The minimum Gasteiger partial charge on any atom is -0.490 e. The Bertz CT molecular complexity index is 1240. The van der Waals surface area contributed by atoms with Gasteiger partial charge in [0.15, 0.2) is 11.5 Å². The molecule has 1 amide bonds. The molecular formula is C25H29N3O5S. The third-order valence-electron chi connectivity index (χ3n) is 5.20. The number of para-hydroxylation sites is 2. The van der Waals surface area contributed by atoms with Crippen LogP contribution in [0.3, 0.4) is 0 Å². The summed E-state index contributed by atoms with van der Waals surface area (Å²) in [5.74, 6) is 1.16. The van der Waals surface area contributed by atoms with E-state index < -0.39 is 15.9 Å². The molecule has 0 unspecified atom stereocenters. The van der Waals surface area contributed by atoms with Crippen LogP contribution in [0.2, 0.25) is 0 Å². The Morgan fingerprint density at radius 1 is 1.03 bits per heavy atom. The lowest BCUT2D eigenvalue weighted by molar-refractivity contribution is -0.121. The van der Waals surface area contributed by atoms with Crippen molar-refractivity contribution in [3.63, 3.8) is 0 Å². The van der Waals surface area contributed by atoms with Gasteiger partial charge in [0, 0.05) is 25.9 Å². The number of aryl methyl sites for hydroxylation is 2. The standard InChI is InChI=1S/C25H29N3O5S/c1-5-32-22-8-6-7-9-23(22)33-25-13-11-20(16-27-25)15-26-24(29)17-28(4)34(30,31)21-12-10-18(2)19(3)14-21/h6-14,16H,5,15,17H2,1-4H3,(H,26,29). The number of hydrogen-bond acceptors (Lipinski definition) is 6. The quantitative estimate of drug-likeness (QED) is 0.471. The molecule has 0 radical (unpaired) electrons. The highest BCUT2D eigenvalue weighted by Gasteiger charge is 2.23. The topological polar surface area (TPSA) is 97.8 Å². The van der Waals surface area contributed by atoms with Gasteiger partial charge in [0.1, 0.15) is 0 Å². The summed E-state index contributed by atoms with van der Waals surface area (Å²) in [5, 5.41) is 2.72. The second-order valence-corrected chi connectivity index (χ2v) is 9.82. The van der Waals surface area contributed by atoms with E-state index in [-0.39, 0.29) is 18.0 Å². The number of nitrogens with zero attached hydrogens (tertiary/aromatic N) is 2. The second-order valence-electron chi connectivity index (χ2n) is 7.77. The summed E-state index contributed by atoms with van der Waals surface area (Å²) in [6, 6.07) is 15.7. The highest BCUT2D eigenvalue weighted by atomic mass is 32.2. The van der Waals surface area contributed by atoms with Gasteiger partial charge in [0.25, 0.3) is 0 Å². The zero-order valence-electron chi connectivity index (χ0n) is 19.7. The molecule has 1 aromatic heterocycles. The van der Waals surface area contributed by atoms with Crippen molar-refractivity contribution >= 4 is 15.9 Å². The lowest BCUT2D eigenvalue weighted by Gasteiger charge is -2.17. The Labute approximate surface area is 200 Å². The molecule has 1 heterocycles. The first-order valence-electron chi connectivity index (χ1n) is 10.9. The number of carbonyl (C=O) groups excluding carboxylic acids is 1. The Hall–Kier alpha value is -3.43. The largest absolute Gasteiger partial charge is 0.490 e. The summed E-state index contributed by atoms with van der Waals surface area (Å²) in [6.45, 7) is 6.10. The predicted octanol–water partition coefficient (Wildman–Crippen LogP) is 3.83. The van der Waals surface area contributed by atoms with E-state index >= 15 is 0 Å². The Balaban J connectivity index is 1.55. The lowest BCUT2D eigenvalue weighted by atomic mass is 10.1. The van der Waals surface area contributed by atoms with Crippen LogP contribution in [0.15, 0.2) is 65.7 Å². The fourth-order valence-electron chi connectivity index (χ4n) is 3.10. The van der Waals surface area contributed by atoms with E-state index in [1.165, 1.54) is 7.05 Å². The molecule has 8 nitrogen and oxygen atoms in total. The number of sulfonamides is 1. The number of pyridine rings is 1. The summed E-state index contributed by atoms with van der Waals surface area (Å²) in [7, 11) is -2.38. The summed E-state index contributed by atoms with van der Waals surface area (Å²) in [5.41, 5.74) is 2.63. The van der Waals surface area contributed by atoms with Crippen LogP contribution in [-0.2, 0) is 21.4 Å². The normalized spacial score (nSPS) is 11.3. The number of carbonyl (C=O) groups is 1. The first-order chi connectivity index (χ1) is 16.2. The van der Waals surface area contributed by atoms with E-state index in [0.717, 1.165) is 21.0 Å². The number of likely N-dealkylation sites (N-methyl/N-ethyl adjacent to an activating group) is 1. The van der Waals surface area contributed by atoms with E-state index in [1.54, 1.807) is 42.6 Å². The highest BCUT2D eigenvalue weighted by Crippen LogP contribution is 2.30. The van der Waals surface area contributed by atoms with Gasteiger partial charge in [-0.2, -0.15) is 4.31 Å². The fourth-order valence-corrected chi connectivity index (χ4v) is 4.31. The van der Waals surface area contributed by atoms with E-state index in [9.17, 15) is 13.2 Å². The number of rotatable bonds is 10. The molecule has 0 aliphatic heterocycles. The lowest BCUT2D eigenvalue weighted by Crippen LogP contribution is -2.38. The molecule has 0 aliphatic carbocycles. The van der Waals surface area contributed by atoms with Gasteiger partial charge in [-0.05, 0) is 61.7 Å². The summed E-state index contributed by atoms with van der Waals surface area (Å²) >= 11 is 0. The molecule has 0 spiro atoms. The number of hydrogen-bond donors (Lipinski definition) is 1.